The van der Waals surface area contributed by atoms with Crippen LogP contribution in [0.15, 0.2) is 24.3 Å². The molecule has 1 aromatic rings. The lowest BCUT2D eigenvalue weighted by atomic mass is 10.2. The molecule has 2 rings (SSSR count). The van der Waals surface area contributed by atoms with Gasteiger partial charge in [0.25, 0.3) is 0 Å². The molecule has 0 saturated carbocycles. The Bertz CT molecular complexity index is 275. The first kappa shape index (κ1) is 9.34. The lowest BCUT2D eigenvalue weighted by molar-refractivity contribution is 0.0679. The molecule has 0 spiro atoms. The van der Waals surface area contributed by atoms with Crippen molar-refractivity contribution in [1.29, 1.82) is 0 Å². The SMILES string of the molecule is Oc1ccc(OC[C@@H]2CCCO2)cc1. The fraction of sp³-hybridized carbons (Fsp3) is 0.455. The lowest BCUT2D eigenvalue weighted by Crippen LogP contribution is -2.16. The summed E-state index contributed by atoms with van der Waals surface area (Å²) in [7, 11) is 0. The summed E-state index contributed by atoms with van der Waals surface area (Å²) >= 11 is 0. The van der Waals surface area contributed by atoms with Crippen LogP contribution in [0.1, 0.15) is 12.8 Å². The van der Waals surface area contributed by atoms with E-state index in [2.05, 4.69) is 0 Å². The van der Waals surface area contributed by atoms with Crippen LogP contribution in [0.4, 0.5) is 0 Å². The van der Waals surface area contributed by atoms with Crippen molar-refractivity contribution in [1.82, 2.24) is 0 Å². The summed E-state index contributed by atoms with van der Waals surface area (Å²) in [6.07, 6.45) is 2.45. The van der Waals surface area contributed by atoms with Gasteiger partial charge in [-0.3, -0.25) is 0 Å². The van der Waals surface area contributed by atoms with E-state index in [-0.39, 0.29) is 11.9 Å². The highest BCUT2D eigenvalue weighted by Crippen LogP contribution is 2.18. The number of phenolic OH excluding ortho intramolecular Hbond substituents is 1. The van der Waals surface area contributed by atoms with E-state index in [0.717, 1.165) is 25.2 Å². The summed E-state index contributed by atoms with van der Waals surface area (Å²) in [6, 6.07) is 6.74. The molecule has 0 aromatic heterocycles. The van der Waals surface area contributed by atoms with Crippen LogP contribution >= 0.6 is 0 Å². The van der Waals surface area contributed by atoms with Gasteiger partial charge in [0.15, 0.2) is 0 Å². The highest BCUT2D eigenvalue weighted by molar-refractivity contribution is 5.30. The van der Waals surface area contributed by atoms with Crippen molar-refractivity contribution in [3.63, 3.8) is 0 Å². The maximum atomic E-state index is 9.06. The zero-order valence-electron chi connectivity index (χ0n) is 7.98. The van der Waals surface area contributed by atoms with E-state index in [9.17, 15) is 0 Å². The van der Waals surface area contributed by atoms with Crippen LogP contribution in [0, 0.1) is 0 Å². The molecule has 1 aliphatic rings. The Labute approximate surface area is 83.3 Å². The molecular weight excluding hydrogens is 180 g/mol. The summed E-state index contributed by atoms with van der Waals surface area (Å²) in [5, 5.41) is 9.06. The van der Waals surface area contributed by atoms with Crippen molar-refractivity contribution in [2.24, 2.45) is 0 Å². The van der Waals surface area contributed by atoms with E-state index in [1.807, 2.05) is 0 Å². The molecule has 0 bridgehead atoms. The third-order valence-electron chi connectivity index (χ3n) is 2.30. The fourth-order valence-electron chi connectivity index (χ4n) is 1.51. The molecule has 1 N–H and O–H groups in total. The van der Waals surface area contributed by atoms with Crippen molar-refractivity contribution in [2.45, 2.75) is 18.9 Å². The Hall–Kier alpha value is -1.22. The van der Waals surface area contributed by atoms with Crippen molar-refractivity contribution in [3.05, 3.63) is 24.3 Å². The maximum absolute atomic E-state index is 9.06. The van der Waals surface area contributed by atoms with Gasteiger partial charge in [-0.25, -0.2) is 0 Å². The predicted octanol–water partition coefficient (Wildman–Crippen LogP) is 1.95. The Morgan fingerprint density at radius 3 is 2.79 bits per heavy atom. The number of hydrogen-bond donors (Lipinski definition) is 1. The minimum absolute atomic E-state index is 0.240. The molecule has 1 saturated heterocycles. The second-order valence-electron chi connectivity index (χ2n) is 3.44. The van der Waals surface area contributed by atoms with Gasteiger partial charge in [0.1, 0.15) is 18.1 Å². The molecule has 76 valence electrons. The van der Waals surface area contributed by atoms with Gasteiger partial charge in [-0.2, -0.15) is 0 Å². The van der Waals surface area contributed by atoms with Crippen molar-refractivity contribution >= 4 is 0 Å². The van der Waals surface area contributed by atoms with Gasteiger partial charge >= 0.3 is 0 Å². The smallest absolute Gasteiger partial charge is 0.119 e. The van der Waals surface area contributed by atoms with Crippen LogP contribution in [0.3, 0.4) is 0 Å². The van der Waals surface area contributed by atoms with Gasteiger partial charge in [0.05, 0.1) is 6.10 Å². The molecule has 0 unspecified atom stereocenters. The molecule has 1 aromatic carbocycles. The van der Waals surface area contributed by atoms with Gasteiger partial charge in [-0.15, -0.1) is 0 Å². The van der Waals surface area contributed by atoms with Crippen LogP contribution in [-0.2, 0) is 4.74 Å². The number of hydrogen-bond acceptors (Lipinski definition) is 3. The van der Waals surface area contributed by atoms with Crippen LogP contribution < -0.4 is 4.74 Å². The monoisotopic (exact) mass is 194 g/mol. The Morgan fingerprint density at radius 1 is 1.36 bits per heavy atom. The topological polar surface area (TPSA) is 38.7 Å². The first-order valence-electron chi connectivity index (χ1n) is 4.88. The van der Waals surface area contributed by atoms with Crippen molar-refractivity contribution < 1.29 is 14.6 Å². The second kappa shape index (κ2) is 4.33. The highest BCUT2D eigenvalue weighted by Gasteiger charge is 2.15. The molecule has 1 aliphatic heterocycles. The number of rotatable bonds is 3. The van der Waals surface area contributed by atoms with Crippen molar-refractivity contribution in [2.75, 3.05) is 13.2 Å². The quantitative estimate of drug-likeness (QED) is 0.799. The van der Waals surface area contributed by atoms with Crippen LogP contribution in [0.2, 0.25) is 0 Å². The molecule has 1 heterocycles. The average Bonchev–Trinajstić information content (AvgIpc) is 2.70. The number of ether oxygens (including phenoxy) is 2. The van der Waals surface area contributed by atoms with E-state index >= 15 is 0 Å². The average molecular weight is 194 g/mol. The molecule has 0 radical (unpaired) electrons. The first-order valence-corrected chi connectivity index (χ1v) is 4.88. The fourth-order valence-corrected chi connectivity index (χ4v) is 1.51. The molecule has 1 atom stereocenters. The minimum atomic E-state index is 0.240. The van der Waals surface area contributed by atoms with E-state index in [1.54, 1.807) is 24.3 Å². The van der Waals surface area contributed by atoms with Crippen LogP contribution in [0.25, 0.3) is 0 Å². The molecule has 0 amide bonds. The van der Waals surface area contributed by atoms with E-state index < -0.39 is 0 Å². The molecule has 3 heteroatoms. The molecule has 1 fully saturated rings. The molecular formula is C11H14O3. The molecule has 0 aliphatic carbocycles. The maximum Gasteiger partial charge on any atom is 0.119 e. The van der Waals surface area contributed by atoms with Gasteiger partial charge in [0.2, 0.25) is 0 Å². The third kappa shape index (κ3) is 2.39. The van der Waals surface area contributed by atoms with E-state index in [4.69, 9.17) is 14.6 Å². The standard InChI is InChI=1S/C11H14O3/c12-9-3-5-10(6-4-9)14-8-11-2-1-7-13-11/h3-6,11-12H,1-2,7-8H2/t11-/m0/s1. The zero-order valence-corrected chi connectivity index (χ0v) is 7.98. The summed E-state index contributed by atoms with van der Waals surface area (Å²) < 4.78 is 10.9. The largest absolute Gasteiger partial charge is 0.508 e. The summed E-state index contributed by atoms with van der Waals surface area (Å²) in [5.74, 6) is 1.03. The summed E-state index contributed by atoms with van der Waals surface area (Å²) in [6.45, 7) is 1.45. The van der Waals surface area contributed by atoms with Gasteiger partial charge in [0, 0.05) is 6.61 Å². The Morgan fingerprint density at radius 2 is 2.14 bits per heavy atom. The number of aromatic hydroxyl groups is 1. The van der Waals surface area contributed by atoms with Crippen LogP contribution in [-0.4, -0.2) is 24.4 Å². The Kier molecular flexibility index (Phi) is 2.89. The summed E-state index contributed by atoms with van der Waals surface area (Å²) in [4.78, 5) is 0. The predicted molar refractivity (Wildman–Crippen MR) is 52.6 cm³/mol. The van der Waals surface area contributed by atoms with E-state index in [1.165, 1.54) is 0 Å². The van der Waals surface area contributed by atoms with Gasteiger partial charge < -0.3 is 14.6 Å². The zero-order chi connectivity index (χ0) is 9.80. The Balaban J connectivity index is 1.82. The molecule has 14 heavy (non-hydrogen) atoms. The third-order valence-corrected chi connectivity index (χ3v) is 2.30. The van der Waals surface area contributed by atoms with Gasteiger partial charge in [-0.1, -0.05) is 0 Å². The highest BCUT2D eigenvalue weighted by atomic mass is 16.5. The minimum Gasteiger partial charge on any atom is -0.508 e. The second-order valence-corrected chi connectivity index (χ2v) is 3.44. The lowest BCUT2D eigenvalue weighted by Gasteiger charge is -2.11. The first-order chi connectivity index (χ1) is 6.84. The van der Waals surface area contributed by atoms with Crippen molar-refractivity contribution in [3.8, 4) is 11.5 Å². The summed E-state index contributed by atoms with van der Waals surface area (Å²) in [5.41, 5.74) is 0. The van der Waals surface area contributed by atoms with Crippen LogP contribution in [0.5, 0.6) is 11.5 Å². The molecule has 3 nitrogen and oxygen atoms in total. The normalized spacial score (nSPS) is 21.0. The van der Waals surface area contributed by atoms with Gasteiger partial charge in [-0.05, 0) is 37.1 Å². The van der Waals surface area contributed by atoms with E-state index in [0.29, 0.717) is 6.61 Å². The number of phenols is 1. The number of benzene rings is 1.